The summed E-state index contributed by atoms with van der Waals surface area (Å²) >= 11 is 0. The van der Waals surface area contributed by atoms with Crippen molar-refractivity contribution in [2.45, 2.75) is 57.8 Å². The Morgan fingerprint density at radius 2 is 0.305 bits per heavy atom. The molecular weight excluding hydrogens is 1720 g/mol. The number of rotatable bonds is 15. The van der Waals surface area contributed by atoms with Crippen molar-refractivity contribution in [2.75, 3.05) is 0 Å². The molecule has 0 amide bonds. The highest BCUT2D eigenvalue weighted by molar-refractivity contribution is 6.15. The van der Waals surface area contributed by atoms with E-state index in [4.69, 9.17) is 44.9 Å². The van der Waals surface area contributed by atoms with Crippen LogP contribution in [-0.4, -0.2) is 62.2 Å². The fourth-order valence-corrected chi connectivity index (χ4v) is 19.8. The molecule has 0 saturated carbocycles. The van der Waals surface area contributed by atoms with Gasteiger partial charge in [0.05, 0.1) is 0 Å². The van der Waals surface area contributed by atoms with Crippen LogP contribution in [0.3, 0.4) is 0 Å². The van der Waals surface area contributed by atoms with Crippen molar-refractivity contribution < 1.29 is 14.4 Å². The molecule has 0 spiro atoms. The molecule has 24 rings (SSSR count). The van der Waals surface area contributed by atoms with Crippen LogP contribution in [0.15, 0.2) is 455 Å². The van der Waals surface area contributed by atoms with E-state index >= 15 is 0 Å². The first kappa shape index (κ1) is 88.3. The van der Waals surface area contributed by atoms with E-state index in [1.54, 1.807) is 0 Å². The first-order valence-electron chi connectivity index (χ1n) is 47.5. The molecule has 3 aliphatic rings. The molecule has 3 aliphatic carbocycles. The second-order valence-corrected chi connectivity index (χ2v) is 37.3. The minimum Gasteiger partial charge on any atom is -0.289 e. The first-order valence-corrected chi connectivity index (χ1v) is 47.5. The molecule has 0 N–H and O–H groups in total. The summed E-state index contributed by atoms with van der Waals surface area (Å²) in [5, 5.41) is 0. The Labute approximate surface area is 819 Å². The van der Waals surface area contributed by atoms with E-state index in [9.17, 15) is 14.4 Å². The fraction of sp³-hybridized carbons (Fsp3) is 0.0698. The van der Waals surface area contributed by atoms with Gasteiger partial charge in [-0.3, -0.25) is 14.4 Å². The maximum atomic E-state index is 13.4. The van der Waals surface area contributed by atoms with E-state index in [1.807, 2.05) is 279 Å². The fourth-order valence-electron chi connectivity index (χ4n) is 19.8. The summed E-state index contributed by atoms with van der Waals surface area (Å²) in [4.78, 5) is 84.0. The van der Waals surface area contributed by atoms with E-state index < -0.39 is 0 Å². The van der Waals surface area contributed by atoms with E-state index in [0.717, 1.165) is 184 Å². The lowest BCUT2D eigenvalue weighted by Gasteiger charge is -2.34. The maximum Gasteiger partial charge on any atom is 0.193 e. The Balaban J connectivity index is 0.000000121. The van der Waals surface area contributed by atoms with Gasteiger partial charge < -0.3 is 0 Å². The summed E-state index contributed by atoms with van der Waals surface area (Å²) in [6.07, 6.45) is 0. The van der Waals surface area contributed by atoms with Crippen molar-refractivity contribution in [3.8, 4) is 169 Å². The van der Waals surface area contributed by atoms with Crippen LogP contribution >= 0.6 is 0 Å². The van der Waals surface area contributed by atoms with Crippen molar-refractivity contribution in [3.63, 3.8) is 0 Å². The number of ketones is 3. The topological polar surface area (TPSA) is 167 Å². The predicted molar refractivity (Wildman–Crippen MR) is 567 cm³/mol. The summed E-state index contributed by atoms with van der Waals surface area (Å²) in [5.74, 6) is 6.03. The molecule has 0 fully saturated rings. The average Bonchev–Trinajstić information content (AvgIpc) is 0.737. The molecule has 12 nitrogen and oxygen atoms in total. The number of carbonyl (C=O) groups excluding carboxylic acids is 3. The van der Waals surface area contributed by atoms with Crippen LogP contribution in [-0.2, 0) is 16.2 Å². The molecule has 672 valence electrons. The van der Waals surface area contributed by atoms with E-state index in [-0.39, 0.29) is 33.6 Å². The number of hydrogen-bond acceptors (Lipinski definition) is 12. The summed E-state index contributed by atoms with van der Waals surface area (Å²) in [5.41, 5.74) is 31.9. The van der Waals surface area contributed by atoms with E-state index in [0.29, 0.717) is 52.4 Å². The Morgan fingerprint density at radius 3 is 0.589 bits per heavy atom. The van der Waals surface area contributed by atoms with Crippen LogP contribution in [0.5, 0.6) is 0 Å². The Hall–Kier alpha value is -18.0. The minimum atomic E-state index is -0.281. The number of nitrogens with zero attached hydrogens (tertiary/aromatic N) is 9. The van der Waals surface area contributed by atoms with Gasteiger partial charge in [0.15, 0.2) is 69.8 Å². The standard InChI is InChI=1S/3C43H31N3O/c1-43(2)37-20-12-11-19-35(37)39(47)36-26-25-32(27-38(36)43)28-21-23-29(24-22-28)33-17-9-10-18-34(33)42-45-40(30-13-5-3-6-14-30)44-41(46-42)31-15-7-4-8-16-31;1-43(2)37-19-10-9-18-35(37)39(47)36-25-24-33(27-38(36)43)29-22-20-28(21-23-29)32-16-11-17-34(26-32)42-45-40(30-12-5-3-6-13-30)44-41(46-42)31-14-7-4-8-15-31;1-43(2)37-16-10-9-15-35(37)39(47)36-26-25-34(27-38(36)43)30-19-17-28(18-20-30)29-21-23-33(24-22-29)42-45-40(31-11-5-3-6-12-31)44-41(46-42)32-13-7-4-8-14-32/h3*3-27H,1-2H3. The molecule has 141 heavy (non-hydrogen) atoms. The smallest absolute Gasteiger partial charge is 0.193 e. The van der Waals surface area contributed by atoms with Crippen molar-refractivity contribution >= 4 is 17.3 Å². The van der Waals surface area contributed by atoms with Gasteiger partial charge in [0.1, 0.15) is 0 Å². The zero-order valence-electron chi connectivity index (χ0n) is 78.6. The molecular formula is C129H93N9O3. The number of benzene rings is 18. The van der Waals surface area contributed by atoms with Gasteiger partial charge in [-0.15, -0.1) is 0 Å². The molecule has 3 heterocycles. The van der Waals surface area contributed by atoms with Crippen molar-refractivity contribution in [3.05, 3.63) is 522 Å². The molecule has 3 aromatic heterocycles. The lowest BCUT2D eigenvalue weighted by atomic mass is 9.68. The highest BCUT2D eigenvalue weighted by Gasteiger charge is 2.40. The summed E-state index contributed by atoms with van der Waals surface area (Å²) in [7, 11) is 0. The molecule has 0 atom stereocenters. The van der Waals surface area contributed by atoms with Gasteiger partial charge in [0.25, 0.3) is 0 Å². The quantitative estimate of drug-likeness (QED) is 0.0954. The molecule has 18 aromatic carbocycles. The average molecular weight is 1820 g/mol. The Kier molecular flexibility index (Phi) is 23.3. The lowest BCUT2D eigenvalue weighted by molar-refractivity contribution is 0.102. The predicted octanol–water partition coefficient (Wildman–Crippen LogP) is 30.2. The molecule has 12 heteroatoms. The molecule has 0 bridgehead atoms. The summed E-state index contributed by atoms with van der Waals surface area (Å²) < 4.78 is 0. The molecule has 0 unspecified atom stereocenters. The third-order valence-electron chi connectivity index (χ3n) is 27.5. The summed E-state index contributed by atoms with van der Waals surface area (Å²) in [6, 6.07) is 154. The van der Waals surface area contributed by atoms with Crippen molar-refractivity contribution in [1.29, 1.82) is 0 Å². The third kappa shape index (κ3) is 17.3. The number of carbonyl (C=O) groups is 3. The SMILES string of the molecule is CC1(C)c2ccccc2C(=O)c2ccc(-c3ccc(-c4ccc(-c5nc(-c6ccccc6)nc(-c6ccccc6)n5)cc4)cc3)cc21.CC1(C)c2ccccc2C(=O)c2ccc(-c3ccc(-c4cccc(-c5nc(-c6ccccc6)nc(-c6ccccc6)n5)c4)cc3)cc21.CC1(C)c2ccccc2C(=O)c2ccc(-c3ccc(-c4ccccc4-c4nc(-c5ccccc5)nc(-c5ccccc5)n4)cc3)cc21. The Bertz CT molecular complexity index is 8190. The van der Waals surface area contributed by atoms with Crippen LogP contribution in [0.1, 0.15) is 123 Å². The summed E-state index contributed by atoms with van der Waals surface area (Å²) in [6.45, 7) is 13.2. The molecule has 0 aliphatic heterocycles. The third-order valence-corrected chi connectivity index (χ3v) is 27.5. The van der Waals surface area contributed by atoms with Gasteiger partial charge in [0, 0.05) is 99.7 Å². The highest BCUT2D eigenvalue weighted by atomic mass is 16.1. The van der Waals surface area contributed by atoms with Gasteiger partial charge in [-0.25, -0.2) is 44.9 Å². The normalized spacial score (nSPS) is 13.1. The molecule has 0 radical (unpaired) electrons. The van der Waals surface area contributed by atoms with Crippen LogP contribution in [0.25, 0.3) is 169 Å². The monoisotopic (exact) mass is 1820 g/mol. The molecule has 21 aromatic rings. The van der Waals surface area contributed by atoms with E-state index in [2.05, 4.69) is 217 Å². The van der Waals surface area contributed by atoms with Gasteiger partial charge >= 0.3 is 0 Å². The second kappa shape index (κ2) is 37.2. The maximum absolute atomic E-state index is 13.4. The zero-order chi connectivity index (χ0) is 95.9. The number of hydrogen-bond donors (Lipinski definition) is 0. The number of fused-ring (bicyclic) bond motifs is 6. The molecule has 0 saturated heterocycles. The largest absolute Gasteiger partial charge is 0.289 e. The first-order chi connectivity index (χ1) is 68.9. The zero-order valence-corrected chi connectivity index (χ0v) is 78.6. The van der Waals surface area contributed by atoms with Gasteiger partial charge in [0.2, 0.25) is 0 Å². The minimum absolute atomic E-state index is 0.0950. The van der Waals surface area contributed by atoms with Gasteiger partial charge in [-0.05, 0) is 124 Å². The van der Waals surface area contributed by atoms with Crippen molar-refractivity contribution in [1.82, 2.24) is 44.9 Å². The Morgan fingerprint density at radius 1 is 0.128 bits per heavy atom. The highest BCUT2D eigenvalue weighted by Crippen LogP contribution is 2.48. The van der Waals surface area contributed by atoms with Crippen LogP contribution in [0.2, 0.25) is 0 Å². The van der Waals surface area contributed by atoms with Crippen molar-refractivity contribution in [2.24, 2.45) is 0 Å². The van der Waals surface area contributed by atoms with Crippen LogP contribution in [0, 0.1) is 0 Å². The van der Waals surface area contributed by atoms with Gasteiger partial charge in [-0.2, -0.15) is 0 Å². The lowest BCUT2D eigenvalue weighted by Crippen LogP contribution is -2.30. The van der Waals surface area contributed by atoms with Crippen LogP contribution in [0.4, 0.5) is 0 Å². The van der Waals surface area contributed by atoms with Gasteiger partial charge in [-0.1, -0.05) is 472 Å². The van der Waals surface area contributed by atoms with Crippen LogP contribution < -0.4 is 0 Å². The second-order valence-electron chi connectivity index (χ2n) is 37.3. The number of aromatic nitrogens is 9. The van der Waals surface area contributed by atoms with E-state index in [1.165, 1.54) is 0 Å².